The Balaban J connectivity index is 1.68. The van der Waals surface area contributed by atoms with E-state index < -0.39 is 17.6 Å². The van der Waals surface area contributed by atoms with Crippen molar-refractivity contribution >= 4 is 17.6 Å². The summed E-state index contributed by atoms with van der Waals surface area (Å²) in [5.41, 5.74) is -0.750. The Bertz CT molecular complexity index is 882. The van der Waals surface area contributed by atoms with Crippen LogP contribution in [0.5, 0.6) is 0 Å². The zero-order chi connectivity index (χ0) is 17.2. The second-order valence-electron chi connectivity index (χ2n) is 4.82. The summed E-state index contributed by atoms with van der Waals surface area (Å²) in [6, 6.07) is 5.21. The molecule has 24 heavy (non-hydrogen) atoms. The van der Waals surface area contributed by atoms with Gasteiger partial charge in [0.1, 0.15) is 5.76 Å². The number of hydrogen-bond acceptors (Lipinski definition) is 4. The predicted octanol–water partition coefficient (Wildman–Crippen LogP) is 2.67. The van der Waals surface area contributed by atoms with Gasteiger partial charge in [0.2, 0.25) is 5.91 Å². The number of amides is 1. The lowest BCUT2D eigenvalue weighted by Gasteiger charge is -2.06. The fourth-order valence-corrected chi connectivity index (χ4v) is 2.01. The van der Waals surface area contributed by atoms with Crippen LogP contribution in [0.3, 0.4) is 0 Å². The van der Waals surface area contributed by atoms with Gasteiger partial charge in [-0.25, -0.2) is 0 Å². The molecule has 0 aliphatic rings. The van der Waals surface area contributed by atoms with Crippen LogP contribution in [0.1, 0.15) is 17.1 Å². The quantitative estimate of drug-likeness (QED) is 0.744. The second-order valence-corrected chi connectivity index (χ2v) is 4.82. The van der Waals surface area contributed by atoms with E-state index in [9.17, 15) is 18.0 Å². The van der Waals surface area contributed by atoms with E-state index >= 15 is 0 Å². The van der Waals surface area contributed by atoms with Crippen LogP contribution in [-0.4, -0.2) is 20.5 Å². The molecule has 0 radical (unpaired) electrons. The van der Waals surface area contributed by atoms with Crippen molar-refractivity contribution in [1.29, 1.82) is 0 Å². The molecule has 0 aliphatic carbocycles. The number of nitrogens with zero attached hydrogens (tertiary/aromatic N) is 3. The summed E-state index contributed by atoms with van der Waals surface area (Å²) in [4.78, 5) is 11.7. The number of rotatable bonds is 4. The molecule has 0 saturated carbocycles. The molecule has 3 aromatic heterocycles. The van der Waals surface area contributed by atoms with Crippen molar-refractivity contribution in [3.8, 4) is 0 Å². The van der Waals surface area contributed by atoms with Crippen molar-refractivity contribution in [3.05, 3.63) is 59.9 Å². The van der Waals surface area contributed by atoms with E-state index in [-0.39, 0.29) is 12.2 Å². The van der Waals surface area contributed by atoms with E-state index in [0.29, 0.717) is 11.6 Å². The van der Waals surface area contributed by atoms with Crippen molar-refractivity contribution in [2.24, 2.45) is 0 Å². The van der Waals surface area contributed by atoms with Gasteiger partial charge in [0, 0.05) is 12.3 Å². The molecule has 0 spiro atoms. The van der Waals surface area contributed by atoms with Gasteiger partial charge < -0.3 is 9.73 Å². The number of carbonyl (C=O) groups is 1. The Hall–Kier alpha value is -3.10. The Kier molecular flexibility index (Phi) is 4.07. The lowest BCUT2D eigenvalue weighted by Crippen LogP contribution is -2.21. The number of nitrogens with one attached hydrogen (secondary N) is 1. The maximum absolute atomic E-state index is 12.6. The third-order valence-electron chi connectivity index (χ3n) is 3.17. The third kappa shape index (κ3) is 3.45. The maximum atomic E-state index is 12.6. The molecule has 3 rings (SSSR count). The zero-order valence-electron chi connectivity index (χ0n) is 12.1. The van der Waals surface area contributed by atoms with Gasteiger partial charge in [0.25, 0.3) is 0 Å². The van der Waals surface area contributed by atoms with Crippen LogP contribution in [0.15, 0.2) is 47.2 Å². The topological polar surface area (TPSA) is 72.4 Å². The molecule has 0 aromatic carbocycles. The van der Waals surface area contributed by atoms with Gasteiger partial charge >= 0.3 is 6.18 Å². The molecule has 3 aromatic rings. The van der Waals surface area contributed by atoms with E-state index in [1.54, 1.807) is 12.1 Å². The summed E-state index contributed by atoms with van der Waals surface area (Å²) in [6.45, 7) is 0.0217. The normalized spacial score (nSPS) is 12.1. The number of aromatic nitrogens is 3. The molecule has 0 fully saturated rings. The summed E-state index contributed by atoms with van der Waals surface area (Å²) in [5.74, 6) is 0.450. The smallest absolute Gasteiger partial charge is 0.416 e. The third-order valence-corrected chi connectivity index (χ3v) is 3.17. The Morgan fingerprint density at radius 2 is 2.17 bits per heavy atom. The Morgan fingerprint density at radius 3 is 2.88 bits per heavy atom. The molecule has 0 unspecified atom stereocenters. The van der Waals surface area contributed by atoms with Crippen LogP contribution in [-0.2, 0) is 17.5 Å². The van der Waals surface area contributed by atoms with Crippen LogP contribution in [0.25, 0.3) is 11.7 Å². The number of fused-ring (bicyclic) bond motifs is 1. The van der Waals surface area contributed by atoms with Crippen LogP contribution >= 0.6 is 0 Å². The van der Waals surface area contributed by atoms with Crippen molar-refractivity contribution in [2.75, 3.05) is 0 Å². The van der Waals surface area contributed by atoms with Gasteiger partial charge in [-0.15, -0.1) is 10.2 Å². The van der Waals surface area contributed by atoms with Gasteiger partial charge in [-0.1, -0.05) is 0 Å². The average molecular weight is 336 g/mol. The van der Waals surface area contributed by atoms with Gasteiger partial charge in [-0.05, 0) is 30.3 Å². The summed E-state index contributed by atoms with van der Waals surface area (Å²) < 4.78 is 44.4. The first kappa shape index (κ1) is 15.8. The molecule has 3 heterocycles. The van der Waals surface area contributed by atoms with Gasteiger partial charge in [0.05, 0.1) is 18.4 Å². The van der Waals surface area contributed by atoms with Gasteiger partial charge in [0.15, 0.2) is 11.5 Å². The van der Waals surface area contributed by atoms with Crippen LogP contribution < -0.4 is 5.32 Å². The van der Waals surface area contributed by atoms with Crippen molar-refractivity contribution in [1.82, 2.24) is 19.9 Å². The van der Waals surface area contributed by atoms with Crippen molar-refractivity contribution < 1.29 is 22.4 Å². The number of pyridine rings is 1. The number of alkyl halides is 3. The molecule has 0 aliphatic heterocycles. The fourth-order valence-electron chi connectivity index (χ4n) is 2.01. The number of furan rings is 1. The highest BCUT2D eigenvalue weighted by Gasteiger charge is 2.31. The summed E-state index contributed by atoms with van der Waals surface area (Å²) >= 11 is 0. The molecule has 1 amide bonds. The minimum atomic E-state index is -4.45. The first-order valence-corrected chi connectivity index (χ1v) is 6.84. The van der Waals surface area contributed by atoms with Gasteiger partial charge in [-0.3, -0.25) is 9.20 Å². The minimum Gasteiger partial charge on any atom is -0.465 e. The highest BCUT2D eigenvalue weighted by atomic mass is 19.4. The van der Waals surface area contributed by atoms with Crippen LogP contribution in [0, 0.1) is 0 Å². The first-order chi connectivity index (χ1) is 11.4. The number of hydrogen-bond donors (Lipinski definition) is 1. The van der Waals surface area contributed by atoms with Crippen molar-refractivity contribution in [3.63, 3.8) is 0 Å². The van der Waals surface area contributed by atoms with Gasteiger partial charge in [-0.2, -0.15) is 13.2 Å². The summed E-state index contributed by atoms with van der Waals surface area (Å²) in [5, 5.41) is 10.0. The van der Waals surface area contributed by atoms with E-state index in [4.69, 9.17) is 4.42 Å². The zero-order valence-corrected chi connectivity index (χ0v) is 12.1. The largest absolute Gasteiger partial charge is 0.465 e. The van der Waals surface area contributed by atoms with E-state index in [2.05, 4.69) is 15.5 Å². The molecule has 0 saturated heterocycles. The minimum absolute atomic E-state index is 0.0217. The fraction of sp³-hybridized carbons (Fsp3) is 0.133. The Morgan fingerprint density at radius 1 is 1.33 bits per heavy atom. The predicted molar refractivity (Wildman–Crippen MR) is 77.6 cm³/mol. The van der Waals surface area contributed by atoms with Crippen LogP contribution in [0.2, 0.25) is 0 Å². The van der Waals surface area contributed by atoms with E-state index in [0.717, 1.165) is 12.1 Å². The van der Waals surface area contributed by atoms with Crippen LogP contribution in [0.4, 0.5) is 13.2 Å². The molecule has 0 bridgehead atoms. The lowest BCUT2D eigenvalue weighted by atomic mass is 10.2. The molecule has 6 nitrogen and oxygen atoms in total. The first-order valence-electron chi connectivity index (χ1n) is 6.84. The standard InChI is InChI=1S/C15H11F3N4O2/c16-15(17,18)10-5-6-22-12(8-10)20-21-13(22)9-19-14(23)4-3-11-2-1-7-24-11/h1-8H,9H2,(H,19,23). The average Bonchev–Trinajstić information content (AvgIpc) is 3.19. The molecule has 124 valence electrons. The Labute approximate surface area is 133 Å². The highest BCUT2D eigenvalue weighted by molar-refractivity contribution is 5.91. The summed E-state index contributed by atoms with van der Waals surface area (Å²) in [6.07, 6.45) is 1.03. The molecule has 1 N–H and O–H groups in total. The highest BCUT2D eigenvalue weighted by Crippen LogP contribution is 2.29. The number of halogens is 3. The maximum Gasteiger partial charge on any atom is 0.416 e. The SMILES string of the molecule is O=C(C=Cc1ccco1)NCc1nnc2cc(C(F)(F)F)ccn12. The molecule has 0 atom stereocenters. The number of carbonyl (C=O) groups excluding carboxylic acids is 1. The van der Waals surface area contributed by atoms with E-state index in [1.165, 1.54) is 29.0 Å². The molecule has 9 heteroatoms. The summed E-state index contributed by atoms with van der Waals surface area (Å²) in [7, 11) is 0. The molecular weight excluding hydrogens is 325 g/mol. The lowest BCUT2D eigenvalue weighted by molar-refractivity contribution is -0.137. The molecular formula is C15H11F3N4O2. The van der Waals surface area contributed by atoms with E-state index in [1.807, 2.05) is 0 Å². The van der Waals surface area contributed by atoms with Crippen molar-refractivity contribution in [2.45, 2.75) is 12.7 Å². The monoisotopic (exact) mass is 336 g/mol. The second kappa shape index (κ2) is 6.19.